The summed E-state index contributed by atoms with van der Waals surface area (Å²) >= 11 is 0. The number of hydrogen-bond donors (Lipinski definition) is 1. The van der Waals surface area contributed by atoms with Crippen LogP contribution in [0.5, 0.6) is 0 Å². The van der Waals surface area contributed by atoms with Crippen LogP contribution in [0.25, 0.3) is 11.1 Å². The van der Waals surface area contributed by atoms with Gasteiger partial charge in [-0.3, -0.25) is 0 Å². The molecule has 0 saturated carbocycles. The van der Waals surface area contributed by atoms with E-state index in [1.54, 1.807) is 0 Å². The van der Waals surface area contributed by atoms with Gasteiger partial charge >= 0.3 is 0 Å². The van der Waals surface area contributed by atoms with Gasteiger partial charge in [-0.25, -0.2) is 0 Å². The first-order chi connectivity index (χ1) is 13.2. The largest absolute Gasteiger partial charge is 0.399 e. The highest BCUT2D eigenvalue weighted by molar-refractivity contribution is 5.88. The van der Waals surface area contributed by atoms with Crippen LogP contribution in [0.3, 0.4) is 0 Å². The topological polar surface area (TPSA) is 26.0 Å². The maximum Gasteiger partial charge on any atom is 0.0686 e. The minimum atomic E-state index is -0.221. The van der Waals surface area contributed by atoms with Gasteiger partial charge in [0.25, 0.3) is 0 Å². The van der Waals surface area contributed by atoms with Gasteiger partial charge < -0.3 is 5.73 Å². The van der Waals surface area contributed by atoms with Crippen LogP contribution in [0.15, 0.2) is 96.2 Å². The third kappa shape index (κ3) is 1.66. The van der Waals surface area contributed by atoms with E-state index in [0.717, 1.165) is 5.70 Å². The van der Waals surface area contributed by atoms with Gasteiger partial charge in [-0.2, -0.15) is 0 Å². The Hall–Kier alpha value is -3.06. The van der Waals surface area contributed by atoms with Crippen LogP contribution in [-0.2, 0) is 5.41 Å². The van der Waals surface area contributed by atoms with Crippen molar-refractivity contribution in [2.24, 2.45) is 11.7 Å². The maximum absolute atomic E-state index is 6.39. The third-order valence-electron chi connectivity index (χ3n) is 6.72. The maximum atomic E-state index is 6.39. The minimum Gasteiger partial charge on any atom is -0.399 e. The molecular weight excluding hydrogens is 326 g/mol. The van der Waals surface area contributed by atoms with Crippen molar-refractivity contribution >= 4 is 0 Å². The smallest absolute Gasteiger partial charge is 0.0686 e. The molecule has 130 valence electrons. The van der Waals surface area contributed by atoms with E-state index in [0.29, 0.717) is 11.8 Å². The zero-order valence-corrected chi connectivity index (χ0v) is 15.3. The molecule has 1 nitrogen and oxygen atoms in total. The molecule has 1 heteroatoms. The van der Waals surface area contributed by atoms with Crippen molar-refractivity contribution in [3.63, 3.8) is 0 Å². The third-order valence-corrected chi connectivity index (χ3v) is 6.72. The lowest BCUT2D eigenvalue weighted by atomic mass is 9.67. The normalized spacial score (nSPS) is 23.1. The van der Waals surface area contributed by atoms with Gasteiger partial charge in [0, 0.05) is 11.6 Å². The Kier molecular flexibility index (Phi) is 2.79. The van der Waals surface area contributed by atoms with Crippen molar-refractivity contribution < 1.29 is 0 Å². The summed E-state index contributed by atoms with van der Waals surface area (Å²) < 4.78 is 0. The Morgan fingerprint density at radius 2 is 1.30 bits per heavy atom. The lowest BCUT2D eigenvalue weighted by Crippen LogP contribution is -2.29. The zero-order chi connectivity index (χ0) is 18.2. The highest BCUT2D eigenvalue weighted by Crippen LogP contribution is 2.65. The number of nitrogens with two attached hydrogens (primary N) is 1. The molecule has 3 aliphatic carbocycles. The van der Waals surface area contributed by atoms with E-state index in [9.17, 15) is 0 Å². The summed E-state index contributed by atoms with van der Waals surface area (Å²) in [5.74, 6) is 0.776. The molecule has 27 heavy (non-hydrogen) atoms. The molecule has 6 rings (SSSR count). The van der Waals surface area contributed by atoms with Crippen molar-refractivity contribution in [3.05, 3.63) is 118 Å². The van der Waals surface area contributed by atoms with Crippen LogP contribution in [0.2, 0.25) is 0 Å². The molecule has 0 saturated heterocycles. The number of benzene rings is 3. The second-order valence-electron chi connectivity index (χ2n) is 8.03. The fourth-order valence-corrected chi connectivity index (χ4v) is 5.89. The molecule has 2 atom stereocenters. The van der Waals surface area contributed by atoms with Crippen molar-refractivity contribution in [1.82, 2.24) is 0 Å². The molecule has 0 aromatic heterocycles. The molecule has 0 bridgehead atoms. The second kappa shape index (κ2) is 5.01. The van der Waals surface area contributed by atoms with E-state index in [1.807, 2.05) is 0 Å². The summed E-state index contributed by atoms with van der Waals surface area (Å²) in [4.78, 5) is 0. The number of fused-ring (bicyclic) bond motifs is 10. The van der Waals surface area contributed by atoms with Crippen molar-refractivity contribution in [3.8, 4) is 11.1 Å². The molecule has 0 heterocycles. The fraction of sp³-hybridized carbons (Fsp3) is 0.154. The van der Waals surface area contributed by atoms with Crippen molar-refractivity contribution in [2.75, 3.05) is 0 Å². The predicted octanol–water partition coefficient (Wildman–Crippen LogP) is 5.52. The van der Waals surface area contributed by atoms with Gasteiger partial charge in [0.15, 0.2) is 0 Å². The highest BCUT2D eigenvalue weighted by Gasteiger charge is 2.55. The van der Waals surface area contributed by atoms with Crippen LogP contribution in [0.1, 0.15) is 35.1 Å². The van der Waals surface area contributed by atoms with Gasteiger partial charge in [-0.05, 0) is 50.9 Å². The van der Waals surface area contributed by atoms with Crippen LogP contribution < -0.4 is 5.73 Å². The average molecular weight is 347 g/mol. The van der Waals surface area contributed by atoms with Crippen LogP contribution in [-0.4, -0.2) is 0 Å². The number of hydrogen-bond acceptors (Lipinski definition) is 1. The summed E-state index contributed by atoms with van der Waals surface area (Å²) in [7, 11) is 0. The van der Waals surface area contributed by atoms with E-state index in [4.69, 9.17) is 5.73 Å². The Morgan fingerprint density at radius 3 is 1.96 bits per heavy atom. The number of allylic oxidation sites excluding steroid dienone is 3. The summed E-state index contributed by atoms with van der Waals surface area (Å²) in [5.41, 5.74) is 16.9. The summed E-state index contributed by atoms with van der Waals surface area (Å²) in [5, 5.41) is 0. The summed E-state index contributed by atoms with van der Waals surface area (Å²) in [6.45, 7) is 2.30. The second-order valence-corrected chi connectivity index (χ2v) is 8.03. The molecule has 3 aliphatic rings. The molecule has 1 spiro atoms. The monoisotopic (exact) mass is 347 g/mol. The van der Waals surface area contributed by atoms with Crippen molar-refractivity contribution in [2.45, 2.75) is 18.3 Å². The summed E-state index contributed by atoms with van der Waals surface area (Å²) in [6.07, 6.45) is 4.47. The first kappa shape index (κ1) is 15.0. The highest BCUT2D eigenvalue weighted by atomic mass is 14.6. The van der Waals surface area contributed by atoms with E-state index in [-0.39, 0.29) is 5.41 Å². The average Bonchev–Trinajstić information content (AvgIpc) is 3.15. The van der Waals surface area contributed by atoms with Crippen molar-refractivity contribution in [1.29, 1.82) is 0 Å². The SMILES string of the molecule is CC1C=C(N)C=C2C1c1ccccc1C21c2ccccc2-c2ccccc21. The van der Waals surface area contributed by atoms with Gasteiger partial charge in [0.2, 0.25) is 0 Å². The minimum absolute atomic E-state index is 0.221. The Balaban J connectivity index is 1.82. The standard InChI is InChI=1S/C26H21N/c1-16-14-17(27)15-24-25(16)20-10-4-7-13-23(20)26(24)21-11-5-2-8-18(21)19-9-3-6-12-22(19)26/h2-16,25H,27H2,1H3. The molecule has 3 aromatic carbocycles. The first-order valence-corrected chi connectivity index (χ1v) is 9.71. The lowest BCUT2D eigenvalue weighted by Gasteiger charge is -2.34. The van der Waals surface area contributed by atoms with E-state index < -0.39 is 0 Å². The van der Waals surface area contributed by atoms with Crippen LogP contribution in [0, 0.1) is 5.92 Å². The lowest BCUT2D eigenvalue weighted by molar-refractivity contribution is 0.582. The van der Waals surface area contributed by atoms with Crippen LogP contribution in [0.4, 0.5) is 0 Å². The predicted molar refractivity (Wildman–Crippen MR) is 110 cm³/mol. The molecule has 2 N–H and O–H groups in total. The Labute approximate surface area is 159 Å². The fourth-order valence-electron chi connectivity index (χ4n) is 5.89. The number of rotatable bonds is 0. The van der Waals surface area contributed by atoms with Gasteiger partial charge in [0.1, 0.15) is 0 Å². The van der Waals surface area contributed by atoms with Crippen LogP contribution >= 0.6 is 0 Å². The molecule has 3 aromatic rings. The van der Waals surface area contributed by atoms with Gasteiger partial charge in [-0.15, -0.1) is 0 Å². The molecular formula is C26H21N. The van der Waals surface area contributed by atoms with E-state index >= 15 is 0 Å². The van der Waals surface area contributed by atoms with Gasteiger partial charge in [-0.1, -0.05) is 85.8 Å². The molecule has 2 unspecified atom stereocenters. The van der Waals surface area contributed by atoms with E-state index in [2.05, 4.69) is 91.9 Å². The molecule has 0 amide bonds. The van der Waals surface area contributed by atoms with E-state index in [1.165, 1.54) is 39.0 Å². The quantitative estimate of drug-likeness (QED) is 0.569. The summed E-state index contributed by atoms with van der Waals surface area (Å²) in [6, 6.07) is 26.8. The molecule has 0 radical (unpaired) electrons. The Morgan fingerprint density at radius 1 is 0.741 bits per heavy atom. The molecule has 0 aliphatic heterocycles. The first-order valence-electron chi connectivity index (χ1n) is 9.71. The zero-order valence-electron chi connectivity index (χ0n) is 15.3. The van der Waals surface area contributed by atoms with Gasteiger partial charge in [0.05, 0.1) is 5.41 Å². The molecule has 0 fully saturated rings. The Bertz CT molecular complexity index is 1120.